The van der Waals surface area contributed by atoms with Crippen molar-refractivity contribution in [3.63, 3.8) is 0 Å². The number of rotatable bonds is 4. The highest BCUT2D eigenvalue weighted by atomic mass is 16.6. The number of hydrogen-bond acceptors (Lipinski definition) is 4. The van der Waals surface area contributed by atoms with E-state index >= 15 is 0 Å². The van der Waals surface area contributed by atoms with Crippen LogP contribution < -0.4 is 4.74 Å². The monoisotopic (exact) mass is 489 g/mol. The molecule has 0 aromatic heterocycles. The minimum absolute atomic E-state index is 0.166. The lowest BCUT2D eigenvalue weighted by molar-refractivity contribution is 0.000983. The van der Waals surface area contributed by atoms with E-state index in [4.69, 9.17) is 14.9 Å². The topological polar surface area (TPSA) is 65.9 Å². The number of hydrogen-bond donors (Lipinski definition) is 1. The Morgan fingerprint density at radius 1 is 1.03 bits per heavy atom. The number of benzene rings is 2. The highest BCUT2D eigenvalue weighted by molar-refractivity contribution is 5.97. The molecule has 2 aromatic carbocycles. The van der Waals surface area contributed by atoms with Gasteiger partial charge in [0.15, 0.2) is 0 Å². The zero-order valence-corrected chi connectivity index (χ0v) is 22.2. The molecule has 3 heterocycles. The maximum atomic E-state index is 13.0. The predicted molar refractivity (Wildman–Crippen MR) is 142 cm³/mol. The van der Waals surface area contributed by atoms with Crippen LogP contribution in [0.2, 0.25) is 0 Å². The van der Waals surface area contributed by atoms with Crippen molar-refractivity contribution in [2.24, 2.45) is 5.92 Å². The third kappa shape index (κ3) is 4.46. The van der Waals surface area contributed by atoms with Crippen molar-refractivity contribution in [3.05, 3.63) is 59.2 Å². The third-order valence-corrected chi connectivity index (χ3v) is 8.02. The van der Waals surface area contributed by atoms with Gasteiger partial charge in [-0.2, -0.15) is 0 Å². The molecule has 2 aromatic rings. The van der Waals surface area contributed by atoms with Gasteiger partial charge in [0.25, 0.3) is 0 Å². The van der Waals surface area contributed by atoms with Crippen molar-refractivity contribution in [3.8, 4) is 11.5 Å². The molecule has 1 amide bonds. The highest BCUT2D eigenvalue weighted by Crippen LogP contribution is 2.53. The van der Waals surface area contributed by atoms with E-state index in [1.165, 1.54) is 11.1 Å². The standard InChI is InChI=1S/C30H39N3O3/c1-6-32(7-2)28(31)19-12-15-24-26(18-19)35-25-11-9-8-10-23(25)27(24)20-16-21-13-14-22(17-20)33(21)29(34)36-30(3,4)5/h8-12,15,18,20-22,27,31H,6-7,13-14,16-17H2,1-5H3. The summed E-state index contributed by atoms with van der Waals surface area (Å²) in [6.45, 7) is 11.6. The number of para-hydroxylation sites is 1. The quantitative estimate of drug-likeness (QED) is 0.380. The van der Waals surface area contributed by atoms with Crippen molar-refractivity contribution in [1.29, 1.82) is 5.41 Å². The molecule has 6 heteroatoms. The molecule has 0 saturated carbocycles. The van der Waals surface area contributed by atoms with E-state index in [0.717, 1.165) is 55.8 Å². The van der Waals surface area contributed by atoms with Gasteiger partial charge < -0.3 is 19.3 Å². The van der Waals surface area contributed by atoms with E-state index in [1.807, 2.05) is 37.8 Å². The number of amidine groups is 1. The summed E-state index contributed by atoms with van der Waals surface area (Å²) >= 11 is 0. The van der Waals surface area contributed by atoms with Gasteiger partial charge in [-0.1, -0.05) is 30.3 Å². The van der Waals surface area contributed by atoms with Crippen LogP contribution in [0.1, 0.15) is 82.9 Å². The van der Waals surface area contributed by atoms with Gasteiger partial charge in [-0.05, 0) is 78.4 Å². The number of ether oxygens (including phenoxy) is 2. The molecule has 0 spiro atoms. The fourth-order valence-electron chi connectivity index (χ4n) is 6.48. The number of fused-ring (bicyclic) bond motifs is 4. The Bertz CT molecular complexity index is 1140. The van der Waals surface area contributed by atoms with Crippen molar-refractivity contribution in [1.82, 2.24) is 9.80 Å². The molecule has 0 radical (unpaired) electrons. The lowest BCUT2D eigenvalue weighted by atomic mass is 9.72. The summed E-state index contributed by atoms with van der Waals surface area (Å²) < 4.78 is 12.2. The van der Waals surface area contributed by atoms with Gasteiger partial charge in [-0.25, -0.2) is 4.79 Å². The maximum absolute atomic E-state index is 13.0. The Kier molecular flexibility index (Phi) is 6.48. The zero-order valence-electron chi connectivity index (χ0n) is 22.2. The van der Waals surface area contributed by atoms with Crippen LogP contribution in [0.3, 0.4) is 0 Å². The molecule has 2 fully saturated rings. The molecule has 6 nitrogen and oxygen atoms in total. The molecule has 3 aliphatic heterocycles. The summed E-state index contributed by atoms with van der Waals surface area (Å²) in [5, 5.41) is 8.70. The van der Waals surface area contributed by atoms with Crippen LogP contribution in [0.25, 0.3) is 0 Å². The average Bonchev–Trinajstić information content (AvgIpc) is 3.11. The lowest BCUT2D eigenvalue weighted by Crippen LogP contribution is -2.49. The second-order valence-corrected chi connectivity index (χ2v) is 11.4. The van der Waals surface area contributed by atoms with E-state index < -0.39 is 5.60 Å². The van der Waals surface area contributed by atoms with Crippen molar-refractivity contribution in [2.45, 2.75) is 83.9 Å². The normalized spacial score (nSPS) is 24.4. The molecular weight excluding hydrogens is 450 g/mol. The number of nitrogens with one attached hydrogen (secondary N) is 1. The van der Waals surface area contributed by atoms with Gasteiger partial charge in [0, 0.05) is 47.8 Å². The first-order valence-corrected chi connectivity index (χ1v) is 13.5. The Hall–Kier alpha value is -3.02. The van der Waals surface area contributed by atoms with Gasteiger partial charge in [-0.3, -0.25) is 5.41 Å². The van der Waals surface area contributed by atoms with Crippen LogP contribution in [0.15, 0.2) is 42.5 Å². The van der Waals surface area contributed by atoms with Crippen LogP contribution >= 0.6 is 0 Å². The number of piperidine rings is 1. The average molecular weight is 490 g/mol. The highest BCUT2D eigenvalue weighted by Gasteiger charge is 2.48. The largest absolute Gasteiger partial charge is 0.457 e. The SMILES string of the molecule is CCN(CC)C(=N)c1ccc2c(c1)Oc1ccccc1C2C1CC2CCC(C1)N2C(=O)OC(C)(C)C. The molecule has 192 valence electrons. The van der Waals surface area contributed by atoms with Gasteiger partial charge >= 0.3 is 6.09 Å². The molecular formula is C30H39N3O3. The van der Waals surface area contributed by atoms with E-state index in [0.29, 0.717) is 11.8 Å². The predicted octanol–water partition coefficient (Wildman–Crippen LogP) is 6.77. The summed E-state index contributed by atoms with van der Waals surface area (Å²) in [6.07, 6.45) is 3.84. The summed E-state index contributed by atoms with van der Waals surface area (Å²) in [5.74, 6) is 2.92. The summed E-state index contributed by atoms with van der Waals surface area (Å²) in [6, 6.07) is 15.1. The minimum Gasteiger partial charge on any atom is -0.457 e. The van der Waals surface area contributed by atoms with Crippen LogP contribution in [0.4, 0.5) is 4.79 Å². The Morgan fingerprint density at radius 2 is 1.67 bits per heavy atom. The van der Waals surface area contributed by atoms with Crippen LogP contribution in [-0.4, -0.2) is 52.5 Å². The zero-order chi connectivity index (χ0) is 25.6. The maximum Gasteiger partial charge on any atom is 0.410 e. The number of amides is 1. The second-order valence-electron chi connectivity index (χ2n) is 11.4. The van der Waals surface area contributed by atoms with Crippen molar-refractivity contribution in [2.75, 3.05) is 13.1 Å². The van der Waals surface area contributed by atoms with E-state index in [2.05, 4.69) is 49.1 Å². The third-order valence-electron chi connectivity index (χ3n) is 8.02. The summed E-state index contributed by atoms with van der Waals surface area (Å²) in [7, 11) is 0. The number of carbonyl (C=O) groups is 1. The van der Waals surface area contributed by atoms with E-state index in [-0.39, 0.29) is 24.1 Å². The van der Waals surface area contributed by atoms with Gasteiger partial charge in [-0.15, -0.1) is 0 Å². The smallest absolute Gasteiger partial charge is 0.410 e. The van der Waals surface area contributed by atoms with Crippen LogP contribution in [0, 0.1) is 11.3 Å². The second kappa shape index (κ2) is 9.45. The Morgan fingerprint density at radius 3 is 2.31 bits per heavy atom. The Labute approximate surface area is 215 Å². The van der Waals surface area contributed by atoms with Crippen LogP contribution in [0.5, 0.6) is 11.5 Å². The van der Waals surface area contributed by atoms with Gasteiger partial charge in [0.1, 0.15) is 22.9 Å². The van der Waals surface area contributed by atoms with Gasteiger partial charge in [0.2, 0.25) is 0 Å². The minimum atomic E-state index is -0.484. The molecule has 0 aliphatic carbocycles. The van der Waals surface area contributed by atoms with Crippen LogP contribution in [-0.2, 0) is 4.74 Å². The molecule has 36 heavy (non-hydrogen) atoms. The molecule has 1 N–H and O–H groups in total. The van der Waals surface area contributed by atoms with Crippen molar-refractivity contribution >= 4 is 11.9 Å². The van der Waals surface area contributed by atoms with Crippen molar-refractivity contribution < 1.29 is 14.3 Å². The summed E-state index contributed by atoms with van der Waals surface area (Å²) in [5.41, 5.74) is 2.82. The first kappa shape index (κ1) is 24.7. The lowest BCUT2D eigenvalue weighted by Gasteiger charge is -2.43. The molecule has 3 unspecified atom stereocenters. The first-order chi connectivity index (χ1) is 17.2. The first-order valence-electron chi connectivity index (χ1n) is 13.5. The fourth-order valence-corrected chi connectivity index (χ4v) is 6.48. The van der Waals surface area contributed by atoms with Gasteiger partial charge in [0.05, 0.1) is 0 Å². The molecule has 5 rings (SSSR count). The van der Waals surface area contributed by atoms with E-state index in [9.17, 15) is 4.79 Å². The number of carbonyl (C=O) groups excluding carboxylic acids is 1. The Balaban J connectivity index is 1.46. The van der Waals surface area contributed by atoms with E-state index in [1.54, 1.807) is 0 Å². The molecule has 3 atom stereocenters. The molecule has 3 aliphatic rings. The molecule has 2 bridgehead atoms. The fraction of sp³-hybridized carbons (Fsp3) is 0.533. The summed E-state index contributed by atoms with van der Waals surface area (Å²) in [4.78, 5) is 17.1. The molecule has 2 saturated heterocycles. The number of nitrogens with zero attached hydrogens (tertiary/aromatic N) is 2.